The molecule has 0 radical (unpaired) electrons. The number of carbonyl (C=O) groups is 1. The van der Waals surface area contributed by atoms with E-state index < -0.39 is 0 Å². The number of nitrogens with two attached hydrogens (primary N) is 1. The number of halogens is 2. The van der Waals surface area contributed by atoms with Crippen LogP contribution in [-0.2, 0) is 4.79 Å². The first-order valence-corrected chi connectivity index (χ1v) is 10.8. The van der Waals surface area contributed by atoms with Crippen molar-refractivity contribution in [2.24, 2.45) is 29.4 Å². The summed E-state index contributed by atoms with van der Waals surface area (Å²) in [5.41, 5.74) is 6.35. The van der Waals surface area contributed by atoms with Gasteiger partial charge in [0.2, 0.25) is 5.91 Å². The molecule has 1 amide bonds. The fourth-order valence-corrected chi connectivity index (χ4v) is 6.13. The van der Waals surface area contributed by atoms with E-state index in [1.54, 1.807) is 11.3 Å². The van der Waals surface area contributed by atoms with E-state index in [9.17, 15) is 4.79 Å². The molecular formula is C20H33Cl2N3OS. The van der Waals surface area contributed by atoms with Crippen molar-refractivity contribution in [1.29, 1.82) is 0 Å². The summed E-state index contributed by atoms with van der Waals surface area (Å²) < 4.78 is 0. The number of amides is 1. The van der Waals surface area contributed by atoms with Crippen LogP contribution in [0.4, 0.5) is 0 Å². The average molecular weight is 434 g/mol. The van der Waals surface area contributed by atoms with Crippen molar-refractivity contribution in [2.75, 3.05) is 19.6 Å². The minimum Gasteiger partial charge on any atom is -0.354 e. The summed E-state index contributed by atoms with van der Waals surface area (Å²) in [6, 6.07) is 4.72. The maximum atomic E-state index is 12.8. The van der Waals surface area contributed by atoms with Crippen molar-refractivity contribution in [3.63, 3.8) is 0 Å². The molecule has 0 spiro atoms. The molecule has 1 aromatic heterocycles. The molecule has 4 nitrogen and oxygen atoms in total. The number of piperidine rings is 1. The Morgan fingerprint density at radius 1 is 1.26 bits per heavy atom. The zero-order valence-electron chi connectivity index (χ0n) is 16.0. The zero-order valence-corrected chi connectivity index (χ0v) is 18.5. The van der Waals surface area contributed by atoms with Gasteiger partial charge in [-0.05, 0) is 74.4 Å². The topological polar surface area (TPSA) is 58.4 Å². The van der Waals surface area contributed by atoms with Crippen molar-refractivity contribution >= 4 is 42.1 Å². The van der Waals surface area contributed by atoms with Gasteiger partial charge in [0, 0.05) is 17.5 Å². The molecule has 5 unspecified atom stereocenters. The number of hydrogen-bond acceptors (Lipinski definition) is 4. The van der Waals surface area contributed by atoms with Crippen molar-refractivity contribution in [2.45, 2.75) is 51.1 Å². The summed E-state index contributed by atoms with van der Waals surface area (Å²) in [5, 5.41) is 5.42. The predicted molar refractivity (Wildman–Crippen MR) is 117 cm³/mol. The Balaban J connectivity index is 0.00000131. The van der Waals surface area contributed by atoms with E-state index in [1.807, 2.05) is 0 Å². The van der Waals surface area contributed by atoms with Crippen molar-refractivity contribution < 1.29 is 4.79 Å². The van der Waals surface area contributed by atoms with Crippen molar-refractivity contribution in [3.8, 4) is 0 Å². The summed E-state index contributed by atoms with van der Waals surface area (Å²) in [6.45, 7) is 5.32. The molecule has 5 atom stereocenters. The van der Waals surface area contributed by atoms with Gasteiger partial charge in [-0.3, -0.25) is 9.69 Å². The monoisotopic (exact) mass is 433 g/mol. The molecule has 2 heterocycles. The highest BCUT2D eigenvalue weighted by atomic mass is 35.5. The molecule has 4 rings (SSSR count). The van der Waals surface area contributed by atoms with Crippen LogP contribution >= 0.6 is 36.2 Å². The van der Waals surface area contributed by atoms with Crippen LogP contribution in [0.25, 0.3) is 0 Å². The summed E-state index contributed by atoms with van der Waals surface area (Å²) in [7, 11) is 0. The van der Waals surface area contributed by atoms with E-state index in [-0.39, 0.29) is 42.7 Å². The predicted octanol–water partition coefficient (Wildman–Crippen LogP) is 3.85. The largest absolute Gasteiger partial charge is 0.354 e. The third-order valence-electron chi connectivity index (χ3n) is 6.88. The fraction of sp³-hybridized carbons (Fsp3) is 0.750. The maximum absolute atomic E-state index is 12.8. The second kappa shape index (κ2) is 9.93. The second-order valence-electron chi connectivity index (χ2n) is 8.43. The lowest BCUT2D eigenvalue weighted by Crippen LogP contribution is -2.48. The number of fused-ring (bicyclic) bond motifs is 2. The molecule has 3 aliphatic rings. The highest BCUT2D eigenvalue weighted by Gasteiger charge is 2.49. The first-order chi connectivity index (χ1) is 12.1. The molecule has 2 bridgehead atoms. The van der Waals surface area contributed by atoms with Crippen LogP contribution in [0.5, 0.6) is 0 Å². The highest BCUT2D eigenvalue weighted by molar-refractivity contribution is 7.10. The van der Waals surface area contributed by atoms with Crippen molar-refractivity contribution in [3.05, 3.63) is 22.4 Å². The molecule has 1 aromatic rings. The first-order valence-electron chi connectivity index (χ1n) is 9.94. The van der Waals surface area contributed by atoms with E-state index in [4.69, 9.17) is 5.73 Å². The summed E-state index contributed by atoms with van der Waals surface area (Å²) >= 11 is 1.80. The van der Waals surface area contributed by atoms with Crippen LogP contribution in [0.1, 0.15) is 49.9 Å². The number of likely N-dealkylation sites (tertiary alicyclic amines) is 1. The lowest BCUT2D eigenvalue weighted by Gasteiger charge is -2.37. The molecule has 154 valence electrons. The molecular weight excluding hydrogens is 401 g/mol. The van der Waals surface area contributed by atoms with Crippen LogP contribution < -0.4 is 11.1 Å². The third-order valence-corrected chi connectivity index (χ3v) is 7.86. The number of hydrogen-bond donors (Lipinski definition) is 2. The smallest absolute Gasteiger partial charge is 0.225 e. The fourth-order valence-electron chi connectivity index (χ4n) is 5.27. The molecule has 1 saturated heterocycles. The van der Waals surface area contributed by atoms with Crippen LogP contribution in [0.3, 0.4) is 0 Å². The molecule has 3 N–H and O–H groups in total. The van der Waals surface area contributed by atoms with Gasteiger partial charge in [-0.15, -0.1) is 36.2 Å². The minimum atomic E-state index is 0. The number of rotatable bonds is 5. The molecule has 1 aliphatic heterocycles. The van der Waals surface area contributed by atoms with Gasteiger partial charge in [-0.1, -0.05) is 13.0 Å². The van der Waals surface area contributed by atoms with Crippen LogP contribution in [0.15, 0.2) is 17.5 Å². The van der Waals surface area contributed by atoms with Gasteiger partial charge in [-0.2, -0.15) is 0 Å². The first kappa shape index (κ1) is 23.0. The SMILES string of the molecule is CC1CCN(C(CNC(=O)C2C3CCC(C3)C2N)c2cccs2)CC1.Cl.Cl. The lowest BCUT2D eigenvalue weighted by molar-refractivity contribution is -0.127. The summed E-state index contributed by atoms with van der Waals surface area (Å²) in [6.07, 6.45) is 6.09. The summed E-state index contributed by atoms with van der Waals surface area (Å²) in [4.78, 5) is 16.8. The number of nitrogens with one attached hydrogen (secondary N) is 1. The average Bonchev–Trinajstić information content (AvgIpc) is 3.33. The van der Waals surface area contributed by atoms with Gasteiger partial charge in [0.05, 0.1) is 12.0 Å². The molecule has 0 aromatic carbocycles. The third kappa shape index (κ3) is 4.81. The van der Waals surface area contributed by atoms with Gasteiger partial charge in [-0.25, -0.2) is 0 Å². The van der Waals surface area contributed by atoms with Gasteiger partial charge in [0.25, 0.3) is 0 Å². The van der Waals surface area contributed by atoms with E-state index in [0.29, 0.717) is 24.4 Å². The van der Waals surface area contributed by atoms with Crippen LogP contribution in [0, 0.1) is 23.7 Å². The van der Waals surface area contributed by atoms with Gasteiger partial charge >= 0.3 is 0 Å². The Labute approximate surface area is 179 Å². The Kier molecular flexibility index (Phi) is 8.44. The number of thiophene rings is 1. The quantitative estimate of drug-likeness (QED) is 0.740. The Morgan fingerprint density at radius 3 is 2.56 bits per heavy atom. The normalized spacial score (nSPS) is 31.8. The standard InChI is InChI=1S/C20H31N3OS.2ClH/c1-13-6-8-23(9-7-13)16(17-3-2-10-25-17)12-22-20(24)18-14-4-5-15(11-14)19(18)21;;/h2-3,10,13-16,18-19H,4-9,11-12,21H2,1H3,(H,22,24);2*1H. The highest BCUT2D eigenvalue weighted by Crippen LogP contribution is 2.47. The van der Waals surface area contributed by atoms with Crippen LogP contribution in [-0.4, -0.2) is 36.5 Å². The van der Waals surface area contributed by atoms with Crippen LogP contribution in [0.2, 0.25) is 0 Å². The molecule has 7 heteroatoms. The number of carbonyl (C=O) groups excluding carboxylic acids is 1. The summed E-state index contributed by atoms with van der Waals surface area (Å²) in [5.74, 6) is 2.17. The van der Waals surface area contributed by atoms with E-state index in [1.165, 1.54) is 30.6 Å². The van der Waals surface area contributed by atoms with E-state index in [2.05, 4.69) is 34.7 Å². The number of nitrogens with zero attached hydrogens (tertiary/aromatic N) is 1. The molecule has 2 saturated carbocycles. The second-order valence-corrected chi connectivity index (χ2v) is 9.41. The Bertz CT molecular complexity index is 590. The van der Waals surface area contributed by atoms with Gasteiger partial charge in [0.15, 0.2) is 0 Å². The Morgan fingerprint density at radius 2 is 1.96 bits per heavy atom. The zero-order chi connectivity index (χ0) is 17.4. The maximum Gasteiger partial charge on any atom is 0.225 e. The molecule has 2 aliphatic carbocycles. The van der Waals surface area contributed by atoms with Crippen molar-refractivity contribution in [1.82, 2.24) is 10.2 Å². The molecule has 27 heavy (non-hydrogen) atoms. The van der Waals surface area contributed by atoms with E-state index in [0.717, 1.165) is 25.4 Å². The molecule has 3 fully saturated rings. The van der Waals surface area contributed by atoms with Gasteiger partial charge < -0.3 is 11.1 Å². The van der Waals surface area contributed by atoms with E-state index >= 15 is 0 Å². The minimum absolute atomic E-state index is 0. The van der Waals surface area contributed by atoms with Gasteiger partial charge in [0.1, 0.15) is 0 Å². The Hall–Kier alpha value is -0.330. The lowest BCUT2D eigenvalue weighted by atomic mass is 9.84.